The van der Waals surface area contributed by atoms with Crippen LogP contribution in [0.5, 0.6) is 11.5 Å². The molecule has 0 unspecified atom stereocenters. The second kappa shape index (κ2) is 5.94. The third-order valence-electron chi connectivity index (χ3n) is 4.49. The third-order valence-corrected chi connectivity index (χ3v) is 5.08. The molecule has 20 heavy (non-hydrogen) atoms. The normalized spacial score (nSPS) is 16.9. The predicted octanol–water partition coefficient (Wildman–Crippen LogP) is 3.97. The fraction of sp³-hybridized carbons (Fsp3) is 0.625. The zero-order valence-corrected chi connectivity index (χ0v) is 14.3. The van der Waals surface area contributed by atoms with Gasteiger partial charge in [-0.25, -0.2) is 0 Å². The van der Waals surface area contributed by atoms with Crippen molar-refractivity contribution in [2.24, 2.45) is 5.73 Å². The Bertz CT molecular complexity index is 490. The van der Waals surface area contributed by atoms with E-state index in [1.807, 2.05) is 0 Å². The summed E-state index contributed by atoms with van der Waals surface area (Å²) in [5.74, 6) is 1.98. The van der Waals surface area contributed by atoms with E-state index < -0.39 is 0 Å². The van der Waals surface area contributed by atoms with Crippen molar-refractivity contribution in [1.82, 2.24) is 0 Å². The Labute approximate surface area is 130 Å². The highest BCUT2D eigenvalue weighted by Gasteiger charge is 2.41. The topological polar surface area (TPSA) is 44.5 Å². The van der Waals surface area contributed by atoms with E-state index in [-0.39, 0.29) is 5.41 Å². The third kappa shape index (κ3) is 2.33. The van der Waals surface area contributed by atoms with Crippen molar-refractivity contribution >= 4 is 15.9 Å². The zero-order chi connectivity index (χ0) is 14.9. The molecular weight excluding hydrogens is 318 g/mol. The van der Waals surface area contributed by atoms with Crippen LogP contribution in [-0.2, 0) is 5.41 Å². The van der Waals surface area contributed by atoms with Gasteiger partial charge in [-0.1, -0.05) is 20.3 Å². The minimum Gasteiger partial charge on any atom is -0.493 e. The van der Waals surface area contributed by atoms with Crippen LogP contribution in [0.1, 0.15) is 50.2 Å². The molecule has 112 valence electrons. The predicted molar refractivity (Wildman–Crippen MR) is 85.9 cm³/mol. The molecule has 0 heterocycles. The first-order valence-corrected chi connectivity index (χ1v) is 7.95. The van der Waals surface area contributed by atoms with Crippen LogP contribution in [0.15, 0.2) is 10.5 Å². The fourth-order valence-corrected chi connectivity index (χ4v) is 3.79. The summed E-state index contributed by atoms with van der Waals surface area (Å²) in [6.07, 6.45) is 3.57. The molecule has 0 radical (unpaired) electrons. The number of rotatable bonds is 5. The molecule has 2 rings (SSSR count). The van der Waals surface area contributed by atoms with E-state index in [0.29, 0.717) is 12.5 Å². The van der Waals surface area contributed by atoms with Crippen molar-refractivity contribution in [3.8, 4) is 11.5 Å². The van der Waals surface area contributed by atoms with Gasteiger partial charge in [-0.2, -0.15) is 0 Å². The SMILES string of the molecule is COc1c(Br)cc(C2(CN)CCC2)c(C(C)C)c1OC. The number of ether oxygens (including phenoxy) is 2. The van der Waals surface area contributed by atoms with Gasteiger partial charge >= 0.3 is 0 Å². The van der Waals surface area contributed by atoms with E-state index in [0.717, 1.165) is 28.8 Å². The maximum atomic E-state index is 6.09. The Kier molecular flexibility index (Phi) is 4.65. The fourth-order valence-electron chi connectivity index (χ4n) is 3.21. The molecule has 0 saturated heterocycles. The smallest absolute Gasteiger partial charge is 0.175 e. The highest BCUT2D eigenvalue weighted by atomic mass is 79.9. The summed E-state index contributed by atoms with van der Waals surface area (Å²) in [6, 6.07) is 2.18. The lowest BCUT2D eigenvalue weighted by Gasteiger charge is -2.43. The molecule has 1 aromatic rings. The van der Waals surface area contributed by atoms with Gasteiger partial charge in [0.1, 0.15) is 0 Å². The maximum Gasteiger partial charge on any atom is 0.175 e. The number of hydrogen-bond donors (Lipinski definition) is 1. The largest absolute Gasteiger partial charge is 0.493 e. The van der Waals surface area contributed by atoms with Gasteiger partial charge in [0.05, 0.1) is 18.7 Å². The van der Waals surface area contributed by atoms with E-state index in [1.165, 1.54) is 17.5 Å². The lowest BCUT2D eigenvalue weighted by molar-refractivity contribution is 0.248. The number of nitrogens with two attached hydrogens (primary N) is 1. The number of methoxy groups -OCH3 is 2. The number of hydrogen-bond acceptors (Lipinski definition) is 3. The molecule has 0 aromatic heterocycles. The molecule has 0 atom stereocenters. The van der Waals surface area contributed by atoms with Gasteiger partial charge < -0.3 is 15.2 Å². The molecule has 1 aliphatic carbocycles. The molecule has 3 nitrogen and oxygen atoms in total. The zero-order valence-electron chi connectivity index (χ0n) is 12.8. The number of benzene rings is 1. The molecule has 1 aromatic carbocycles. The Hall–Kier alpha value is -0.740. The molecule has 0 aliphatic heterocycles. The van der Waals surface area contributed by atoms with Crippen molar-refractivity contribution < 1.29 is 9.47 Å². The van der Waals surface area contributed by atoms with Crippen molar-refractivity contribution in [3.63, 3.8) is 0 Å². The summed E-state index contributed by atoms with van der Waals surface area (Å²) in [7, 11) is 3.38. The molecule has 0 amide bonds. The molecular formula is C16H24BrNO2. The van der Waals surface area contributed by atoms with Crippen molar-refractivity contribution in [2.45, 2.75) is 44.4 Å². The van der Waals surface area contributed by atoms with Crippen molar-refractivity contribution in [3.05, 3.63) is 21.7 Å². The van der Waals surface area contributed by atoms with Crippen LogP contribution in [0.25, 0.3) is 0 Å². The number of halogens is 1. The molecule has 0 spiro atoms. The van der Waals surface area contributed by atoms with E-state index in [9.17, 15) is 0 Å². The summed E-state index contributed by atoms with van der Waals surface area (Å²) in [6.45, 7) is 5.07. The van der Waals surface area contributed by atoms with Crippen LogP contribution in [0.2, 0.25) is 0 Å². The summed E-state index contributed by atoms with van der Waals surface area (Å²) in [4.78, 5) is 0. The summed E-state index contributed by atoms with van der Waals surface area (Å²) >= 11 is 3.61. The Morgan fingerprint density at radius 2 is 1.85 bits per heavy atom. The van der Waals surface area contributed by atoms with Crippen LogP contribution >= 0.6 is 15.9 Å². The van der Waals surface area contributed by atoms with Gasteiger partial charge in [-0.3, -0.25) is 0 Å². The van der Waals surface area contributed by atoms with Crippen LogP contribution in [0.4, 0.5) is 0 Å². The summed E-state index contributed by atoms with van der Waals surface area (Å²) < 4.78 is 12.1. The lowest BCUT2D eigenvalue weighted by atomic mass is 9.62. The van der Waals surface area contributed by atoms with Crippen LogP contribution in [0, 0.1) is 0 Å². The van der Waals surface area contributed by atoms with Crippen LogP contribution in [-0.4, -0.2) is 20.8 Å². The molecule has 1 saturated carbocycles. The highest BCUT2D eigenvalue weighted by Crippen LogP contribution is 2.52. The summed E-state index contributed by atoms with van der Waals surface area (Å²) in [5, 5.41) is 0. The van der Waals surface area contributed by atoms with Crippen molar-refractivity contribution in [2.75, 3.05) is 20.8 Å². The van der Waals surface area contributed by atoms with E-state index in [2.05, 4.69) is 35.8 Å². The molecule has 2 N–H and O–H groups in total. The first-order chi connectivity index (χ1) is 9.50. The minimum absolute atomic E-state index is 0.113. The van der Waals surface area contributed by atoms with Gasteiger partial charge in [0.15, 0.2) is 11.5 Å². The minimum atomic E-state index is 0.113. The standard InChI is InChI=1S/C16H24BrNO2/c1-10(2)13-11(16(9-18)6-5-7-16)8-12(17)14(19-3)15(13)20-4/h8,10H,5-7,9,18H2,1-4H3. The van der Waals surface area contributed by atoms with E-state index in [4.69, 9.17) is 15.2 Å². The quantitative estimate of drug-likeness (QED) is 0.881. The van der Waals surface area contributed by atoms with Gasteiger partial charge in [0.25, 0.3) is 0 Å². The Morgan fingerprint density at radius 1 is 1.25 bits per heavy atom. The second-order valence-electron chi connectivity index (χ2n) is 5.88. The first-order valence-electron chi connectivity index (χ1n) is 7.15. The first kappa shape index (κ1) is 15.6. The van der Waals surface area contributed by atoms with Gasteiger partial charge in [-0.05, 0) is 46.3 Å². The summed E-state index contributed by atoms with van der Waals surface area (Å²) in [5.41, 5.74) is 8.77. The second-order valence-corrected chi connectivity index (χ2v) is 6.73. The lowest BCUT2D eigenvalue weighted by Crippen LogP contribution is -2.42. The Balaban J connectivity index is 2.70. The van der Waals surface area contributed by atoms with Crippen LogP contribution < -0.4 is 15.2 Å². The molecule has 1 aliphatic rings. The van der Waals surface area contributed by atoms with Gasteiger partial charge in [0.2, 0.25) is 0 Å². The monoisotopic (exact) mass is 341 g/mol. The van der Waals surface area contributed by atoms with Crippen LogP contribution in [0.3, 0.4) is 0 Å². The highest BCUT2D eigenvalue weighted by molar-refractivity contribution is 9.10. The van der Waals surface area contributed by atoms with E-state index in [1.54, 1.807) is 14.2 Å². The molecule has 1 fully saturated rings. The van der Waals surface area contributed by atoms with Gasteiger partial charge in [-0.15, -0.1) is 0 Å². The van der Waals surface area contributed by atoms with Gasteiger partial charge in [0, 0.05) is 17.5 Å². The molecule has 4 heteroatoms. The molecule has 0 bridgehead atoms. The average molecular weight is 342 g/mol. The van der Waals surface area contributed by atoms with E-state index >= 15 is 0 Å². The van der Waals surface area contributed by atoms with Crippen molar-refractivity contribution in [1.29, 1.82) is 0 Å². The maximum absolute atomic E-state index is 6.09. The Morgan fingerprint density at radius 3 is 2.20 bits per heavy atom. The average Bonchev–Trinajstić information content (AvgIpc) is 2.36.